The molecule has 0 spiro atoms. The Morgan fingerprint density at radius 2 is 2.25 bits per heavy atom. The molecule has 0 bridgehead atoms. The summed E-state index contributed by atoms with van der Waals surface area (Å²) in [6.45, 7) is 2.78. The Balaban J connectivity index is 1.59. The predicted molar refractivity (Wildman–Crippen MR) is 74.0 cm³/mol. The molecular weight excluding hydrogens is 254 g/mol. The monoisotopic (exact) mass is 275 g/mol. The molecule has 6 heteroatoms. The van der Waals surface area contributed by atoms with Crippen LogP contribution in [-0.4, -0.2) is 19.7 Å². The van der Waals surface area contributed by atoms with E-state index in [9.17, 15) is 0 Å². The molecule has 0 aromatic carbocycles. The number of hydrogen-bond donors (Lipinski definition) is 1. The molecule has 1 saturated carbocycles. The molecule has 108 valence electrons. The molecule has 2 aromatic rings. The Kier molecular flexibility index (Phi) is 3.82. The molecule has 1 unspecified atom stereocenters. The van der Waals surface area contributed by atoms with Gasteiger partial charge < -0.3 is 14.4 Å². The summed E-state index contributed by atoms with van der Waals surface area (Å²) in [5, 5.41) is 7.53. The standard InChI is InChI=1S/C14H21N5O/c1-10(16-8-12-7-15-9-19(12)2)14-17-13(18-20-14)11-5-3-4-6-11/h7,9-11,16H,3-6,8H2,1-2H3. The first-order valence-electron chi connectivity index (χ1n) is 7.26. The minimum absolute atomic E-state index is 0.0487. The van der Waals surface area contributed by atoms with Crippen molar-refractivity contribution in [3.8, 4) is 0 Å². The van der Waals surface area contributed by atoms with Crippen LogP contribution < -0.4 is 5.32 Å². The van der Waals surface area contributed by atoms with Gasteiger partial charge in [0.2, 0.25) is 5.89 Å². The first-order valence-corrected chi connectivity index (χ1v) is 7.26. The van der Waals surface area contributed by atoms with E-state index in [2.05, 4.69) is 20.4 Å². The molecule has 6 nitrogen and oxygen atoms in total. The summed E-state index contributed by atoms with van der Waals surface area (Å²) >= 11 is 0. The van der Waals surface area contributed by atoms with Crippen LogP contribution in [-0.2, 0) is 13.6 Å². The lowest BCUT2D eigenvalue weighted by Gasteiger charge is -2.09. The van der Waals surface area contributed by atoms with Crippen molar-refractivity contribution in [1.82, 2.24) is 25.0 Å². The highest BCUT2D eigenvalue weighted by molar-refractivity contribution is 5.01. The zero-order valence-electron chi connectivity index (χ0n) is 12.0. The van der Waals surface area contributed by atoms with Crippen molar-refractivity contribution in [1.29, 1.82) is 0 Å². The van der Waals surface area contributed by atoms with Gasteiger partial charge >= 0.3 is 0 Å². The fraction of sp³-hybridized carbons (Fsp3) is 0.643. The van der Waals surface area contributed by atoms with Crippen LogP contribution in [0.2, 0.25) is 0 Å². The maximum atomic E-state index is 5.39. The number of nitrogens with zero attached hydrogens (tertiary/aromatic N) is 4. The molecule has 1 aliphatic carbocycles. The lowest BCUT2D eigenvalue weighted by Crippen LogP contribution is -2.19. The van der Waals surface area contributed by atoms with Crippen LogP contribution in [0.4, 0.5) is 0 Å². The van der Waals surface area contributed by atoms with E-state index in [1.165, 1.54) is 25.7 Å². The van der Waals surface area contributed by atoms with Crippen LogP contribution in [0.5, 0.6) is 0 Å². The third-order valence-electron chi connectivity index (χ3n) is 4.05. The second-order valence-corrected chi connectivity index (χ2v) is 5.57. The summed E-state index contributed by atoms with van der Waals surface area (Å²) in [6, 6.07) is 0.0487. The van der Waals surface area contributed by atoms with Gasteiger partial charge in [0.05, 0.1) is 18.1 Å². The van der Waals surface area contributed by atoms with Gasteiger partial charge in [0.1, 0.15) is 0 Å². The quantitative estimate of drug-likeness (QED) is 0.906. The van der Waals surface area contributed by atoms with Gasteiger partial charge in [-0.3, -0.25) is 0 Å². The van der Waals surface area contributed by atoms with Crippen molar-refractivity contribution in [3.63, 3.8) is 0 Å². The number of hydrogen-bond acceptors (Lipinski definition) is 5. The summed E-state index contributed by atoms with van der Waals surface area (Å²) in [7, 11) is 1.99. The van der Waals surface area contributed by atoms with Crippen molar-refractivity contribution in [3.05, 3.63) is 29.9 Å². The fourth-order valence-corrected chi connectivity index (χ4v) is 2.67. The predicted octanol–water partition coefficient (Wildman–Crippen LogP) is 2.31. The van der Waals surface area contributed by atoms with Gasteiger partial charge in [-0.1, -0.05) is 18.0 Å². The smallest absolute Gasteiger partial charge is 0.243 e. The van der Waals surface area contributed by atoms with Gasteiger partial charge in [-0.05, 0) is 19.8 Å². The number of aromatic nitrogens is 4. The van der Waals surface area contributed by atoms with E-state index in [0.29, 0.717) is 11.8 Å². The number of rotatable bonds is 5. The van der Waals surface area contributed by atoms with E-state index >= 15 is 0 Å². The average Bonchev–Trinajstić information content (AvgIpc) is 3.17. The molecule has 2 heterocycles. The van der Waals surface area contributed by atoms with Crippen molar-refractivity contribution in [2.75, 3.05) is 0 Å². The van der Waals surface area contributed by atoms with Crippen LogP contribution in [0.25, 0.3) is 0 Å². The Hall–Kier alpha value is -1.69. The van der Waals surface area contributed by atoms with Crippen LogP contribution in [0.3, 0.4) is 0 Å². The lowest BCUT2D eigenvalue weighted by molar-refractivity contribution is 0.333. The first kappa shape index (κ1) is 13.3. The molecule has 20 heavy (non-hydrogen) atoms. The summed E-state index contributed by atoms with van der Waals surface area (Å²) in [5.41, 5.74) is 1.13. The van der Waals surface area contributed by atoms with E-state index in [1.54, 1.807) is 6.33 Å². The summed E-state index contributed by atoms with van der Waals surface area (Å²) < 4.78 is 7.39. The molecule has 0 radical (unpaired) electrons. The second-order valence-electron chi connectivity index (χ2n) is 5.57. The summed E-state index contributed by atoms with van der Waals surface area (Å²) in [6.07, 6.45) is 8.60. The highest BCUT2D eigenvalue weighted by Gasteiger charge is 2.23. The molecule has 1 N–H and O–H groups in total. The minimum atomic E-state index is 0.0487. The largest absolute Gasteiger partial charge is 0.338 e. The molecule has 0 aliphatic heterocycles. The van der Waals surface area contributed by atoms with Crippen LogP contribution in [0, 0.1) is 0 Å². The Morgan fingerprint density at radius 3 is 2.95 bits per heavy atom. The maximum absolute atomic E-state index is 5.39. The van der Waals surface area contributed by atoms with Crippen molar-refractivity contribution < 1.29 is 4.52 Å². The number of aryl methyl sites for hydroxylation is 1. The SMILES string of the molecule is CC(NCc1cncn1C)c1nc(C2CCCC2)no1. The lowest BCUT2D eigenvalue weighted by atomic mass is 10.1. The summed E-state index contributed by atoms with van der Waals surface area (Å²) in [5.74, 6) is 2.05. The van der Waals surface area contributed by atoms with Crippen molar-refractivity contribution in [2.24, 2.45) is 7.05 Å². The first-order chi connectivity index (χ1) is 9.74. The zero-order chi connectivity index (χ0) is 13.9. The fourth-order valence-electron chi connectivity index (χ4n) is 2.67. The van der Waals surface area contributed by atoms with E-state index < -0.39 is 0 Å². The Bertz CT molecular complexity index is 555. The molecule has 1 aliphatic rings. The molecule has 3 rings (SSSR count). The van der Waals surface area contributed by atoms with Crippen LogP contribution >= 0.6 is 0 Å². The van der Waals surface area contributed by atoms with E-state index in [4.69, 9.17) is 4.52 Å². The zero-order valence-corrected chi connectivity index (χ0v) is 12.0. The van der Waals surface area contributed by atoms with Gasteiger partial charge in [0, 0.05) is 25.7 Å². The molecule has 1 atom stereocenters. The highest BCUT2D eigenvalue weighted by atomic mass is 16.5. The van der Waals surface area contributed by atoms with Crippen molar-refractivity contribution >= 4 is 0 Å². The topological polar surface area (TPSA) is 68.8 Å². The highest BCUT2D eigenvalue weighted by Crippen LogP contribution is 2.32. The molecule has 0 amide bonds. The maximum Gasteiger partial charge on any atom is 0.243 e. The number of nitrogens with one attached hydrogen (secondary N) is 1. The van der Waals surface area contributed by atoms with Crippen LogP contribution in [0.1, 0.15) is 62.0 Å². The summed E-state index contributed by atoms with van der Waals surface area (Å²) in [4.78, 5) is 8.65. The number of imidazole rings is 1. The van der Waals surface area contributed by atoms with Gasteiger partial charge in [0.15, 0.2) is 5.82 Å². The van der Waals surface area contributed by atoms with Gasteiger partial charge in [0.25, 0.3) is 0 Å². The average molecular weight is 275 g/mol. The van der Waals surface area contributed by atoms with Gasteiger partial charge in [-0.15, -0.1) is 0 Å². The molecule has 2 aromatic heterocycles. The van der Waals surface area contributed by atoms with Gasteiger partial charge in [-0.2, -0.15) is 4.98 Å². The van der Waals surface area contributed by atoms with E-state index in [0.717, 1.165) is 18.1 Å². The van der Waals surface area contributed by atoms with E-state index in [-0.39, 0.29) is 6.04 Å². The second kappa shape index (κ2) is 5.75. The third kappa shape index (κ3) is 2.75. The van der Waals surface area contributed by atoms with Crippen LogP contribution in [0.15, 0.2) is 17.0 Å². The third-order valence-corrected chi connectivity index (χ3v) is 4.05. The Morgan fingerprint density at radius 1 is 1.45 bits per heavy atom. The molecule has 1 fully saturated rings. The normalized spacial score (nSPS) is 17.7. The Labute approximate surface area is 118 Å². The minimum Gasteiger partial charge on any atom is -0.338 e. The molecular formula is C14H21N5O. The molecule has 0 saturated heterocycles. The van der Waals surface area contributed by atoms with Crippen molar-refractivity contribution in [2.45, 2.75) is 51.1 Å². The van der Waals surface area contributed by atoms with E-state index in [1.807, 2.05) is 24.7 Å². The van der Waals surface area contributed by atoms with Gasteiger partial charge in [-0.25, -0.2) is 4.98 Å².